The van der Waals surface area contributed by atoms with Crippen LogP contribution in [0.4, 0.5) is 0 Å². The Hall–Kier alpha value is -0.650. The van der Waals surface area contributed by atoms with Gasteiger partial charge in [-0.1, -0.05) is 181 Å². The SMILES string of the molecule is CCCCCCCCCCCCCCCCC(O)[C@@H](O)[C@@H](CO)NC(=O)CCCCCCCCCCCCCCC. The smallest absolute Gasteiger partial charge is 0.220 e. The molecule has 5 heteroatoms. The molecule has 0 saturated heterocycles. The second kappa shape index (κ2) is 32.3. The molecule has 0 fully saturated rings. The Morgan fingerprint density at radius 2 is 0.829 bits per heavy atom. The highest BCUT2D eigenvalue weighted by atomic mass is 16.3. The number of carbonyl (C=O) groups excluding carboxylic acids is 1. The monoisotopic (exact) mass is 584 g/mol. The average molecular weight is 584 g/mol. The summed E-state index contributed by atoms with van der Waals surface area (Å²) in [4.78, 5) is 12.3. The zero-order valence-corrected chi connectivity index (χ0v) is 27.7. The molecule has 246 valence electrons. The Balaban J connectivity index is 3.67. The Labute approximate surface area is 256 Å². The second-order valence-electron chi connectivity index (χ2n) is 12.8. The number of aliphatic hydroxyl groups is 3. The van der Waals surface area contributed by atoms with Crippen LogP contribution in [-0.2, 0) is 4.79 Å². The van der Waals surface area contributed by atoms with Crippen molar-refractivity contribution in [1.29, 1.82) is 0 Å². The van der Waals surface area contributed by atoms with Crippen molar-refractivity contribution in [3.63, 3.8) is 0 Å². The maximum atomic E-state index is 12.3. The third kappa shape index (κ3) is 27.9. The van der Waals surface area contributed by atoms with Gasteiger partial charge in [-0.15, -0.1) is 0 Å². The fourth-order valence-corrected chi connectivity index (χ4v) is 5.81. The van der Waals surface area contributed by atoms with Crippen LogP contribution in [0.25, 0.3) is 0 Å². The Bertz CT molecular complexity index is 530. The first-order valence-electron chi connectivity index (χ1n) is 18.3. The molecule has 0 aromatic carbocycles. The number of carbonyl (C=O) groups is 1. The summed E-state index contributed by atoms with van der Waals surface area (Å²) in [7, 11) is 0. The standard InChI is InChI=1S/C36H73NO4/c1-3-5-7-9-11-13-15-17-19-20-22-24-26-28-30-34(39)36(41)33(32-38)37-35(40)31-29-27-25-23-21-18-16-14-12-10-8-6-4-2/h33-34,36,38-39,41H,3-32H2,1-2H3,(H,37,40)/t33-,34?,36+/m1/s1. The Morgan fingerprint density at radius 3 is 1.17 bits per heavy atom. The minimum Gasteiger partial charge on any atom is -0.394 e. The van der Waals surface area contributed by atoms with Crippen LogP contribution >= 0.6 is 0 Å². The minimum absolute atomic E-state index is 0.144. The van der Waals surface area contributed by atoms with Gasteiger partial charge in [0.05, 0.1) is 18.8 Å². The van der Waals surface area contributed by atoms with E-state index >= 15 is 0 Å². The summed E-state index contributed by atoms with van der Waals surface area (Å²) in [6.07, 6.45) is 33.3. The van der Waals surface area contributed by atoms with Crippen molar-refractivity contribution >= 4 is 5.91 Å². The molecule has 0 aliphatic heterocycles. The number of amides is 1. The predicted molar refractivity (Wildman–Crippen MR) is 176 cm³/mol. The van der Waals surface area contributed by atoms with E-state index in [-0.39, 0.29) is 12.5 Å². The van der Waals surface area contributed by atoms with Gasteiger partial charge in [0.15, 0.2) is 0 Å². The van der Waals surface area contributed by atoms with E-state index in [1.54, 1.807) is 0 Å². The van der Waals surface area contributed by atoms with Crippen LogP contribution < -0.4 is 5.32 Å². The zero-order chi connectivity index (χ0) is 30.2. The summed E-state index contributed by atoms with van der Waals surface area (Å²) < 4.78 is 0. The average Bonchev–Trinajstić information content (AvgIpc) is 2.97. The highest BCUT2D eigenvalue weighted by Crippen LogP contribution is 2.16. The fraction of sp³-hybridized carbons (Fsp3) is 0.972. The van der Waals surface area contributed by atoms with Crippen molar-refractivity contribution in [2.75, 3.05) is 6.61 Å². The lowest BCUT2D eigenvalue weighted by atomic mass is 9.99. The third-order valence-corrected chi connectivity index (χ3v) is 8.71. The van der Waals surface area contributed by atoms with Gasteiger partial charge in [0, 0.05) is 6.42 Å². The van der Waals surface area contributed by atoms with E-state index in [1.807, 2.05) is 0 Å². The van der Waals surface area contributed by atoms with E-state index in [0.717, 1.165) is 32.1 Å². The molecule has 0 radical (unpaired) electrons. The molecule has 1 unspecified atom stereocenters. The van der Waals surface area contributed by atoms with Gasteiger partial charge in [-0.05, 0) is 12.8 Å². The topological polar surface area (TPSA) is 89.8 Å². The zero-order valence-electron chi connectivity index (χ0n) is 27.7. The highest BCUT2D eigenvalue weighted by molar-refractivity contribution is 5.76. The number of hydrogen-bond acceptors (Lipinski definition) is 4. The van der Waals surface area contributed by atoms with Gasteiger partial charge in [0.2, 0.25) is 5.91 Å². The van der Waals surface area contributed by atoms with E-state index in [9.17, 15) is 20.1 Å². The highest BCUT2D eigenvalue weighted by Gasteiger charge is 2.26. The molecule has 0 aliphatic carbocycles. The van der Waals surface area contributed by atoms with Gasteiger partial charge in [0.1, 0.15) is 6.10 Å². The molecule has 0 saturated carbocycles. The summed E-state index contributed by atoms with van der Waals surface area (Å²) in [6.45, 7) is 4.17. The van der Waals surface area contributed by atoms with Gasteiger partial charge in [-0.25, -0.2) is 0 Å². The van der Waals surface area contributed by atoms with Gasteiger partial charge in [-0.3, -0.25) is 4.79 Å². The van der Waals surface area contributed by atoms with Gasteiger partial charge in [-0.2, -0.15) is 0 Å². The molecule has 0 heterocycles. The van der Waals surface area contributed by atoms with Crippen molar-refractivity contribution in [3.05, 3.63) is 0 Å². The molecule has 3 atom stereocenters. The molecule has 0 aromatic heterocycles. The second-order valence-corrected chi connectivity index (χ2v) is 12.8. The van der Waals surface area contributed by atoms with Crippen LogP contribution in [0.1, 0.15) is 200 Å². The van der Waals surface area contributed by atoms with Crippen LogP contribution in [0.2, 0.25) is 0 Å². The van der Waals surface area contributed by atoms with Gasteiger partial charge in [0.25, 0.3) is 0 Å². The molecule has 4 N–H and O–H groups in total. The van der Waals surface area contributed by atoms with Gasteiger partial charge >= 0.3 is 0 Å². The van der Waals surface area contributed by atoms with E-state index in [1.165, 1.54) is 141 Å². The molecular weight excluding hydrogens is 510 g/mol. The third-order valence-electron chi connectivity index (χ3n) is 8.71. The van der Waals surface area contributed by atoms with Gasteiger partial charge < -0.3 is 20.6 Å². The van der Waals surface area contributed by atoms with E-state index in [2.05, 4.69) is 19.2 Å². The van der Waals surface area contributed by atoms with Crippen LogP contribution in [0.15, 0.2) is 0 Å². The number of rotatable bonds is 33. The predicted octanol–water partition coefficient (Wildman–Crippen LogP) is 9.54. The summed E-state index contributed by atoms with van der Waals surface area (Å²) in [5, 5.41) is 33.3. The summed E-state index contributed by atoms with van der Waals surface area (Å²) in [6, 6.07) is -0.800. The maximum Gasteiger partial charge on any atom is 0.220 e. The van der Waals surface area contributed by atoms with Crippen molar-refractivity contribution < 1.29 is 20.1 Å². The number of aliphatic hydroxyl groups excluding tert-OH is 3. The van der Waals surface area contributed by atoms with Crippen LogP contribution in [0.5, 0.6) is 0 Å². The van der Waals surface area contributed by atoms with Crippen molar-refractivity contribution in [2.24, 2.45) is 0 Å². The molecule has 5 nitrogen and oxygen atoms in total. The lowest BCUT2D eigenvalue weighted by Gasteiger charge is -2.26. The lowest BCUT2D eigenvalue weighted by Crippen LogP contribution is -2.50. The van der Waals surface area contributed by atoms with Crippen molar-refractivity contribution in [3.8, 4) is 0 Å². The summed E-state index contributed by atoms with van der Waals surface area (Å²) in [5.41, 5.74) is 0. The molecule has 41 heavy (non-hydrogen) atoms. The lowest BCUT2D eigenvalue weighted by molar-refractivity contribution is -0.124. The van der Waals surface area contributed by atoms with E-state index in [0.29, 0.717) is 12.8 Å². The Kier molecular flexibility index (Phi) is 31.8. The molecule has 0 aromatic rings. The molecule has 0 bridgehead atoms. The van der Waals surface area contributed by atoms with Crippen LogP contribution in [0.3, 0.4) is 0 Å². The summed E-state index contributed by atoms with van der Waals surface area (Å²) >= 11 is 0. The molecule has 1 amide bonds. The molecular formula is C36H73NO4. The van der Waals surface area contributed by atoms with Crippen molar-refractivity contribution in [1.82, 2.24) is 5.32 Å². The molecule has 0 aliphatic rings. The number of nitrogens with one attached hydrogen (secondary N) is 1. The largest absolute Gasteiger partial charge is 0.394 e. The first-order valence-corrected chi connectivity index (χ1v) is 18.3. The van der Waals surface area contributed by atoms with Crippen LogP contribution in [0, 0.1) is 0 Å². The normalized spacial score (nSPS) is 13.8. The Morgan fingerprint density at radius 1 is 0.512 bits per heavy atom. The molecule has 0 spiro atoms. The van der Waals surface area contributed by atoms with Crippen LogP contribution in [-0.4, -0.2) is 46.1 Å². The quantitative estimate of drug-likeness (QED) is 0.0579. The number of hydrogen-bond donors (Lipinski definition) is 4. The first-order chi connectivity index (χ1) is 20.1. The number of unbranched alkanes of at least 4 members (excludes halogenated alkanes) is 25. The van der Waals surface area contributed by atoms with Crippen molar-refractivity contribution in [2.45, 2.75) is 218 Å². The molecule has 0 rings (SSSR count). The maximum absolute atomic E-state index is 12.3. The summed E-state index contributed by atoms with van der Waals surface area (Å²) in [5.74, 6) is -0.144. The van der Waals surface area contributed by atoms with E-state index < -0.39 is 18.2 Å². The minimum atomic E-state index is -1.13. The first kappa shape index (κ1) is 40.4. The van der Waals surface area contributed by atoms with E-state index in [4.69, 9.17) is 0 Å². The fourth-order valence-electron chi connectivity index (χ4n) is 5.81.